The third-order valence-corrected chi connectivity index (χ3v) is 3.41. The van der Waals surface area contributed by atoms with Crippen molar-refractivity contribution in [2.24, 2.45) is 0 Å². The molecule has 5 heteroatoms. The van der Waals surface area contributed by atoms with Crippen LogP contribution in [0.1, 0.15) is 31.0 Å². The van der Waals surface area contributed by atoms with Crippen molar-refractivity contribution in [1.29, 1.82) is 0 Å². The van der Waals surface area contributed by atoms with Gasteiger partial charge in [-0.1, -0.05) is 26.0 Å². The molecule has 0 bridgehead atoms. The lowest BCUT2D eigenvalue weighted by molar-refractivity contribution is 0.787. The Kier molecular flexibility index (Phi) is 3.48. The van der Waals surface area contributed by atoms with E-state index in [0.717, 1.165) is 28.3 Å². The molecule has 0 atom stereocenters. The molecule has 2 heterocycles. The molecule has 2 aromatic heterocycles. The number of hydrogen-bond donors (Lipinski definition) is 2. The molecule has 108 valence electrons. The fourth-order valence-corrected chi connectivity index (χ4v) is 2.25. The van der Waals surface area contributed by atoms with E-state index in [9.17, 15) is 0 Å². The first-order valence-electron chi connectivity index (χ1n) is 7.06. The zero-order chi connectivity index (χ0) is 14.8. The molecular formula is C16H19N5. The van der Waals surface area contributed by atoms with Crippen LogP contribution in [-0.4, -0.2) is 14.6 Å². The van der Waals surface area contributed by atoms with E-state index in [4.69, 9.17) is 5.73 Å². The van der Waals surface area contributed by atoms with Crippen molar-refractivity contribution in [3.8, 4) is 0 Å². The van der Waals surface area contributed by atoms with E-state index >= 15 is 0 Å². The quantitative estimate of drug-likeness (QED) is 0.721. The number of nitrogens with zero attached hydrogens (tertiary/aromatic N) is 3. The average molecular weight is 281 g/mol. The highest BCUT2D eigenvalue weighted by molar-refractivity contribution is 5.68. The molecule has 0 saturated heterocycles. The Morgan fingerprint density at radius 1 is 1.29 bits per heavy atom. The SMILES string of the molecule is CC(C)c1cc2c(NCc3cccc(N)c3)nccn2n1. The number of anilines is 2. The Labute approximate surface area is 123 Å². The van der Waals surface area contributed by atoms with Crippen LogP contribution in [0, 0.1) is 0 Å². The summed E-state index contributed by atoms with van der Waals surface area (Å²) in [4.78, 5) is 4.41. The van der Waals surface area contributed by atoms with Crippen molar-refractivity contribution in [3.63, 3.8) is 0 Å². The predicted molar refractivity (Wildman–Crippen MR) is 85.3 cm³/mol. The molecule has 0 aliphatic heterocycles. The van der Waals surface area contributed by atoms with Gasteiger partial charge in [0, 0.05) is 24.6 Å². The lowest BCUT2D eigenvalue weighted by Crippen LogP contribution is -2.03. The van der Waals surface area contributed by atoms with Crippen LogP contribution in [0.25, 0.3) is 5.52 Å². The van der Waals surface area contributed by atoms with Crippen LogP contribution in [0.5, 0.6) is 0 Å². The van der Waals surface area contributed by atoms with E-state index in [2.05, 4.69) is 35.3 Å². The van der Waals surface area contributed by atoms with E-state index in [1.807, 2.05) is 35.0 Å². The fourth-order valence-electron chi connectivity index (χ4n) is 2.25. The Hall–Kier alpha value is -2.56. The Morgan fingerprint density at radius 2 is 2.14 bits per heavy atom. The maximum atomic E-state index is 5.80. The van der Waals surface area contributed by atoms with Crippen molar-refractivity contribution >= 4 is 17.0 Å². The number of rotatable bonds is 4. The van der Waals surface area contributed by atoms with Gasteiger partial charge in [-0.3, -0.25) is 0 Å². The summed E-state index contributed by atoms with van der Waals surface area (Å²) in [6.07, 6.45) is 3.62. The minimum absolute atomic E-state index is 0.395. The monoisotopic (exact) mass is 281 g/mol. The van der Waals surface area contributed by atoms with Crippen molar-refractivity contribution in [2.75, 3.05) is 11.1 Å². The molecule has 3 rings (SSSR count). The summed E-state index contributed by atoms with van der Waals surface area (Å²) in [6.45, 7) is 4.95. The number of benzene rings is 1. The Morgan fingerprint density at radius 3 is 2.90 bits per heavy atom. The molecule has 3 aromatic rings. The summed E-state index contributed by atoms with van der Waals surface area (Å²) in [5.74, 6) is 1.23. The molecule has 0 aliphatic carbocycles. The highest BCUT2D eigenvalue weighted by Gasteiger charge is 2.09. The number of hydrogen-bond acceptors (Lipinski definition) is 4. The number of nitrogen functional groups attached to an aromatic ring is 1. The molecule has 5 nitrogen and oxygen atoms in total. The number of nitrogens with two attached hydrogens (primary N) is 1. The molecule has 3 N–H and O–H groups in total. The summed E-state index contributed by atoms with van der Waals surface area (Å²) in [5, 5.41) is 7.91. The lowest BCUT2D eigenvalue weighted by atomic mass is 10.1. The van der Waals surface area contributed by atoms with Gasteiger partial charge in [-0.25, -0.2) is 9.50 Å². The van der Waals surface area contributed by atoms with Crippen LogP contribution in [0.3, 0.4) is 0 Å². The van der Waals surface area contributed by atoms with Gasteiger partial charge in [0.2, 0.25) is 0 Å². The summed E-state index contributed by atoms with van der Waals surface area (Å²) >= 11 is 0. The predicted octanol–water partition coefficient (Wildman–Crippen LogP) is 3.05. The third-order valence-electron chi connectivity index (χ3n) is 3.41. The van der Waals surface area contributed by atoms with Crippen LogP contribution in [-0.2, 0) is 6.54 Å². The summed E-state index contributed by atoms with van der Waals surface area (Å²) in [7, 11) is 0. The molecule has 0 radical (unpaired) electrons. The highest BCUT2D eigenvalue weighted by atomic mass is 15.2. The zero-order valence-electron chi connectivity index (χ0n) is 12.2. The van der Waals surface area contributed by atoms with Crippen molar-refractivity contribution < 1.29 is 0 Å². The molecule has 21 heavy (non-hydrogen) atoms. The second-order valence-corrected chi connectivity index (χ2v) is 5.43. The summed E-state index contributed by atoms with van der Waals surface area (Å²) in [6, 6.07) is 9.92. The fraction of sp³-hybridized carbons (Fsp3) is 0.250. The summed E-state index contributed by atoms with van der Waals surface area (Å²) < 4.78 is 1.87. The minimum atomic E-state index is 0.395. The topological polar surface area (TPSA) is 68.2 Å². The van der Waals surface area contributed by atoms with Crippen LogP contribution in [0.15, 0.2) is 42.7 Å². The van der Waals surface area contributed by atoms with Crippen LogP contribution >= 0.6 is 0 Å². The lowest BCUT2D eigenvalue weighted by Gasteiger charge is -2.07. The van der Waals surface area contributed by atoms with Gasteiger partial charge in [0.05, 0.1) is 5.69 Å². The van der Waals surface area contributed by atoms with E-state index in [1.165, 1.54) is 0 Å². The Bertz CT molecular complexity index is 760. The highest BCUT2D eigenvalue weighted by Crippen LogP contribution is 2.20. The van der Waals surface area contributed by atoms with Gasteiger partial charge in [0.1, 0.15) is 5.52 Å². The van der Waals surface area contributed by atoms with E-state index in [1.54, 1.807) is 6.20 Å². The third kappa shape index (κ3) is 2.81. The van der Waals surface area contributed by atoms with E-state index in [-0.39, 0.29) is 0 Å². The first kappa shape index (κ1) is 13.4. The first-order chi connectivity index (χ1) is 10.1. The number of nitrogens with one attached hydrogen (secondary N) is 1. The molecule has 0 fully saturated rings. The maximum absolute atomic E-state index is 5.80. The minimum Gasteiger partial charge on any atom is -0.399 e. The van der Waals surface area contributed by atoms with Crippen molar-refractivity contribution in [1.82, 2.24) is 14.6 Å². The zero-order valence-corrected chi connectivity index (χ0v) is 12.2. The van der Waals surface area contributed by atoms with Crippen LogP contribution < -0.4 is 11.1 Å². The second kappa shape index (κ2) is 5.44. The van der Waals surface area contributed by atoms with Gasteiger partial charge < -0.3 is 11.1 Å². The van der Waals surface area contributed by atoms with Gasteiger partial charge in [-0.05, 0) is 29.7 Å². The first-order valence-corrected chi connectivity index (χ1v) is 7.06. The van der Waals surface area contributed by atoms with Gasteiger partial charge in [0.25, 0.3) is 0 Å². The average Bonchev–Trinajstić information content (AvgIpc) is 2.90. The molecular weight excluding hydrogens is 262 g/mol. The smallest absolute Gasteiger partial charge is 0.152 e. The van der Waals surface area contributed by atoms with Gasteiger partial charge >= 0.3 is 0 Å². The molecule has 0 amide bonds. The number of fused-ring (bicyclic) bond motifs is 1. The summed E-state index contributed by atoms with van der Waals surface area (Å²) in [5.41, 5.74) is 9.75. The molecule has 0 aliphatic rings. The van der Waals surface area contributed by atoms with E-state index < -0.39 is 0 Å². The second-order valence-electron chi connectivity index (χ2n) is 5.43. The molecule has 0 unspecified atom stereocenters. The normalized spacial score (nSPS) is 11.2. The maximum Gasteiger partial charge on any atom is 0.152 e. The standard InChI is InChI=1S/C16H19N5/c1-11(2)14-9-15-16(18-6-7-21(15)20-14)19-10-12-4-3-5-13(17)8-12/h3-9,11H,10,17H2,1-2H3,(H,18,19). The van der Waals surface area contributed by atoms with Crippen LogP contribution in [0.2, 0.25) is 0 Å². The number of aromatic nitrogens is 3. The van der Waals surface area contributed by atoms with E-state index in [0.29, 0.717) is 12.5 Å². The Balaban J connectivity index is 1.86. The van der Waals surface area contributed by atoms with Crippen molar-refractivity contribution in [3.05, 3.63) is 54.0 Å². The molecule has 1 aromatic carbocycles. The molecule has 0 saturated carbocycles. The van der Waals surface area contributed by atoms with Crippen LogP contribution in [0.4, 0.5) is 11.5 Å². The largest absolute Gasteiger partial charge is 0.399 e. The molecule has 0 spiro atoms. The van der Waals surface area contributed by atoms with Gasteiger partial charge in [-0.15, -0.1) is 0 Å². The van der Waals surface area contributed by atoms with Gasteiger partial charge in [-0.2, -0.15) is 5.10 Å². The van der Waals surface area contributed by atoms with Gasteiger partial charge in [0.15, 0.2) is 5.82 Å². The van der Waals surface area contributed by atoms with Crippen molar-refractivity contribution in [2.45, 2.75) is 26.3 Å².